The molecule has 0 radical (unpaired) electrons. The van der Waals surface area contributed by atoms with Gasteiger partial charge in [-0.25, -0.2) is 0 Å². The Bertz CT molecular complexity index is 515. The van der Waals surface area contributed by atoms with Crippen LogP contribution in [0.4, 0.5) is 11.4 Å². The third-order valence-corrected chi connectivity index (χ3v) is 2.69. The average Bonchev–Trinajstić information content (AvgIpc) is 2.75. The van der Waals surface area contributed by atoms with Gasteiger partial charge in [0.25, 0.3) is 5.69 Å². The molecule has 7 nitrogen and oxygen atoms in total. The van der Waals surface area contributed by atoms with E-state index in [1.807, 2.05) is 0 Å². The molecule has 94 valence electrons. The van der Waals surface area contributed by atoms with Crippen LogP contribution in [0.3, 0.4) is 0 Å². The van der Waals surface area contributed by atoms with Crippen LogP contribution >= 0.6 is 0 Å². The van der Waals surface area contributed by atoms with Gasteiger partial charge >= 0.3 is 0 Å². The first kappa shape index (κ1) is 12.0. The highest BCUT2D eigenvalue weighted by molar-refractivity contribution is 5.81. The van der Waals surface area contributed by atoms with E-state index < -0.39 is 4.92 Å². The second-order valence-corrected chi connectivity index (χ2v) is 4.00. The predicted octanol–water partition coefficient (Wildman–Crippen LogP) is 0.708. The fourth-order valence-corrected chi connectivity index (χ4v) is 1.82. The number of anilines is 1. The van der Waals surface area contributed by atoms with Crippen LogP contribution in [-0.4, -0.2) is 29.7 Å². The van der Waals surface area contributed by atoms with Crippen LogP contribution in [0, 0.1) is 10.1 Å². The number of nitro groups is 1. The molecule has 1 amide bonds. The molecular weight excluding hydrogens is 238 g/mol. The molecule has 1 heterocycles. The first-order valence-electron chi connectivity index (χ1n) is 5.37. The van der Waals surface area contributed by atoms with Gasteiger partial charge in [-0.05, 0) is 12.1 Å². The van der Waals surface area contributed by atoms with Crippen molar-refractivity contribution in [1.29, 1.82) is 0 Å². The number of aldehydes is 1. The zero-order valence-corrected chi connectivity index (χ0v) is 9.38. The van der Waals surface area contributed by atoms with Crippen LogP contribution in [0.15, 0.2) is 18.2 Å². The second-order valence-electron chi connectivity index (χ2n) is 4.00. The lowest BCUT2D eigenvalue weighted by Gasteiger charge is -2.12. The number of nitro benzene ring substituents is 1. The van der Waals surface area contributed by atoms with E-state index in [1.165, 1.54) is 18.2 Å². The van der Waals surface area contributed by atoms with E-state index in [9.17, 15) is 19.7 Å². The first-order valence-corrected chi connectivity index (χ1v) is 5.37. The Morgan fingerprint density at radius 1 is 1.50 bits per heavy atom. The molecule has 2 N–H and O–H groups in total. The number of hydrogen-bond acceptors (Lipinski definition) is 5. The lowest BCUT2D eigenvalue weighted by atomic mass is 10.1. The predicted molar refractivity (Wildman–Crippen MR) is 63.5 cm³/mol. The molecule has 0 spiro atoms. The largest absolute Gasteiger partial charge is 0.374 e. The summed E-state index contributed by atoms with van der Waals surface area (Å²) in [5.41, 5.74) is 0.388. The van der Waals surface area contributed by atoms with Crippen LogP contribution in [0.25, 0.3) is 0 Å². The van der Waals surface area contributed by atoms with Crippen molar-refractivity contribution in [3.8, 4) is 0 Å². The fourth-order valence-electron chi connectivity index (χ4n) is 1.82. The maximum atomic E-state index is 11.0. The Hall–Kier alpha value is -2.44. The quantitative estimate of drug-likeness (QED) is 0.465. The van der Waals surface area contributed by atoms with Crippen molar-refractivity contribution < 1.29 is 14.5 Å². The Morgan fingerprint density at radius 3 is 2.83 bits per heavy atom. The summed E-state index contributed by atoms with van der Waals surface area (Å²) in [6.45, 7) is 0.436. The smallest absolute Gasteiger partial charge is 0.293 e. The maximum absolute atomic E-state index is 11.0. The molecule has 1 aromatic carbocycles. The molecule has 0 aliphatic carbocycles. The van der Waals surface area contributed by atoms with Gasteiger partial charge in [0.2, 0.25) is 5.91 Å². The van der Waals surface area contributed by atoms with Crippen LogP contribution in [0.2, 0.25) is 0 Å². The molecule has 2 rings (SSSR count). The highest BCUT2D eigenvalue weighted by Gasteiger charge is 2.24. The number of amides is 1. The molecule has 1 aliphatic heterocycles. The molecule has 1 atom stereocenters. The van der Waals surface area contributed by atoms with Crippen molar-refractivity contribution in [2.75, 3.05) is 11.9 Å². The monoisotopic (exact) mass is 249 g/mol. The van der Waals surface area contributed by atoms with E-state index in [4.69, 9.17) is 0 Å². The summed E-state index contributed by atoms with van der Waals surface area (Å²) >= 11 is 0. The van der Waals surface area contributed by atoms with E-state index in [2.05, 4.69) is 10.6 Å². The summed E-state index contributed by atoms with van der Waals surface area (Å²) in [6.07, 6.45) is 0.837. The topological polar surface area (TPSA) is 101 Å². The van der Waals surface area contributed by atoms with Crippen molar-refractivity contribution in [1.82, 2.24) is 5.32 Å². The number of rotatable bonds is 4. The van der Waals surface area contributed by atoms with Gasteiger partial charge in [0.15, 0.2) is 0 Å². The van der Waals surface area contributed by atoms with Crippen molar-refractivity contribution >= 4 is 23.6 Å². The number of carbonyl (C=O) groups excluding carboxylic acids is 2. The summed E-state index contributed by atoms with van der Waals surface area (Å²) in [5, 5.41) is 16.5. The minimum absolute atomic E-state index is 0.0836. The van der Waals surface area contributed by atoms with Crippen LogP contribution in [-0.2, 0) is 4.79 Å². The number of hydrogen-bond donors (Lipinski definition) is 2. The Labute approximate surface area is 102 Å². The van der Waals surface area contributed by atoms with E-state index in [0.29, 0.717) is 18.5 Å². The number of nitrogens with one attached hydrogen (secondary N) is 2. The molecule has 7 heteroatoms. The van der Waals surface area contributed by atoms with Gasteiger partial charge in [0.1, 0.15) is 12.0 Å². The van der Waals surface area contributed by atoms with Crippen molar-refractivity contribution in [3.05, 3.63) is 33.9 Å². The van der Waals surface area contributed by atoms with Gasteiger partial charge in [-0.1, -0.05) is 0 Å². The van der Waals surface area contributed by atoms with E-state index in [0.717, 1.165) is 0 Å². The lowest BCUT2D eigenvalue weighted by Crippen LogP contribution is -2.22. The molecule has 0 saturated carbocycles. The van der Waals surface area contributed by atoms with Crippen molar-refractivity contribution in [2.24, 2.45) is 0 Å². The van der Waals surface area contributed by atoms with E-state index in [1.54, 1.807) is 0 Å². The summed E-state index contributed by atoms with van der Waals surface area (Å²) in [5.74, 6) is -0.0836. The standard InChI is InChI=1S/C11H11N3O4/c15-6-7-1-2-9(10(3-7)14(17)18)13-8-4-11(16)12-5-8/h1-3,6,8,13H,4-5H2,(H,12,16). The van der Waals surface area contributed by atoms with Crippen molar-refractivity contribution in [2.45, 2.75) is 12.5 Å². The molecule has 1 aliphatic rings. The lowest BCUT2D eigenvalue weighted by molar-refractivity contribution is -0.384. The number of carbonyl (C=O) groups is 2. The molecule has 0 aromatic heterocycles. The van der Waals surface area contributed by atoms with Crippen LogP contribution in [0.1, 0.15) is 16.8 Å². The highest BCUT2D eigenvalue weighted by atomic mass is 16.6. The average molecular weight is 249 g/mol. The Morgan fingerprint density at radius 2 is 2.28 bits per heavy atom. The van der Waals surface area contributed by atoms with Gasteiger partial charge in [-0.15, -0.1) is 0 Å². The number of nitrogens with zero attached hydrogens (tertiary/aromatic N) is 1. The molecular formula is C11H11N3O4. The minimum Gasteiger partial charge on any atom is -0.374 e. The number of benzene rings is 1. The second kappa shape index (κ2) is 4.82. The first-order chi connectivity index (χ1) is 8.60. The summed E-state index contributed by atoms with van der Waals surface area (Å²) < 4.78 is 0. The normalized spacial score (nSPS) is 18.2. The van der Waals surface area contributed by atoms with Crippen molar-refractivity contribution in [3.63, 3.8) is 0 Å². The summed E-state index contributed by atoms with van der Waals surface area (Å²) in [7, 11) is 0. The van der Waals surface area contributed by atoms with Gasteiger partial charge in [0.05, 0.1) is 11.0 Å². The van der Waals surface area contributed by atoms with Gasteiger partial charge in [0, 0.05) is 24.6 Å². The SMILES string of the molecule is O=Cc1ccc(NC2CNC(=O)C2)c([N+](=O)[O-])c1. The maximum Gasteiger partial charge on any atom is 0.293 e. The summed E-state index contributed by atoms with van der Waals surface area (Å²) in [4.78, 5) is 32.0. The Balaban J connectivity index is 2.23. The molecule has 1 saturated heterocycles. The molecule has 1 unspecified atom stereocenters. The van der Waals surface area contributed by atoms with Gasteiger partial charge < -0.3 is 10.6 Å². The highest BCUT2D eigenvalue weighted by Crippen LogP contribution is 2.26. The fraction of sp³-hybridized carbons (Fsp3) is 0.273. The zero-order chi connectivity index (χ0) is 13.1. The Kier molecular flexibility index (Phi) is 3.22. The van der Waals surface area contributed by atoms with Crippen LogP contribution in [0.5, 0.6) is 0 Å². The third kappa shape index (κ3) is 2.45. The van der Waals surface area contributed by atoms with Gasteiger partial charge in [-0.2, -0.15) is 0 Å². The third-order valence-electron chi connectivity index (χ3n) is 2.69. The van der Waals surface area contributed by atoms with Gasteiger partial charge in [-0.3, -0.25) is 19.7 Å². The molecule has 0 bridgehead atoms. The minimum atomic E-state index is -0.556. The molecule has 1 aromatic rings. The summed E-state index contributed by atoms with van der Waals surface area (Å²) in [6, 6.07) is 4.01. The van der Waals surface area contributed by atoms with E-state index in [-0.39, 0.29) is 29.6 Å². The van der Waals surface area contributed by atoms with Crippen LogP contribution < -0.4 is 10.6 Å². The molecule has 18 heavy (non-hydrogen) atoms. The molecule has 1 fully saturated rings. The zero-order valence-electron chi connectivity index (χ0n) is 9.38. The van der Waals surface area contributed by atoms with E-state index >= 15 is 0 Å².